The molecular formula is C19H25ClN2O2. The SMILES string of the molecule is NCCCOc1ccc(C(=O)N2CC3C4CCC(C4)C3C2)cc1Cl. The molecular weight excluding hydrogens is 324 g/mol. The first-order chi connectivity index (χ1) is 11.7. The van der Waals surface area contributed by atoms with Crippen LogP contribution in [0.4, 0.5) is 0 Å². The van der Waals surface area contributed by atoms with Gasteiger partial charge in [0.1, 0.15) is 5.75 Å². The minimum Gasteiger partial charge on any atom is -0.492 e. The molecule has 24 heavy (non-hydrogen) atoms. The van der Waals surface area contributed by atoms with Gasteiger partial charge in [-0.25, -0.2) is 0 Å². The first-order valence-corrected chi connectivity index (χ1v) is 9.47. The molecule has 1 amide bonds. The summed E-state index contributed by atoms with van der Waals surface area (Å²) in [6.07, 6.45) is 4.93. The van der Waals surface area contributed by atoms with Gasteiger partial charge in [-0.3, -0.25) is 4.79 Å². The van der Waals surface area contributed by atoms with Crippen LogP contribution < -0.4 is 10.5 Å². The van der Waals surface area contributed by atoms with Gasteiger partial charge in [0.25, 0.3) is 5.91 Å². The van der Waals surface area contributed by atoms with E-state index in [2.05, 4.69) is 0 Å². The Hall–Kier alpha value is -1.26. The van der Waals surface area contributed by atoms with Gasteiger partial charge in [-0.1, -0.05) is 11.6 Å². The fraction of sp³-hybridized carbons (Fsp3) is 0.632. The molecule has 2 aliphatic carbocycles. The van der Waals surface area contributed by atoms with Crippen molar-refractivity contribution in [2.24, 2.45) is 29.4 Å². The van der Waals surface area contributed by atoms with Gasteiger partial charge in [0.05, 0.1) is 11.6 Å². The summed E-state index contributed by atoms with van der Waals surface area (Å²) in [5.41, 5.74) is 6.13. The minimum absolute atomic E-state index is 0.110. The monoisotopic (exact) mass is 348 g/mol. The van der Waals surface area contributed by atoms with Gasteiger partial charge in [0.15, 0.2) is 0 Å². The molecule has 1 heterocycles. The van der Waals surface area contributed by atoms with E-state index in [4.69, 9.17) is 22.1 Å². The maximum atomic E-state index is 12.8. The largest absolute Gasteiger partial charge is 0.492 e. The normalized spacial score (nSPS) is 30.7. The zero-order chi connectivity index (χ0) is 16.7. The average molecular weight is 349 g/mol. The van der Waals surface area contributed by atoms with E-state index in [9.17, 15) is 4.79 Å². The summed E-state index contributed by atoms with van der Waals surface area (Å²) in [5, 5.41) is 0.498. The summed E-state index contributed by atoms with van der Waals surface area (Å²) < 4.78 is 5.60. The van der Waals surface area contributed by atoms with Crippen molar-refractivity contribution in [3.63, 3.8) is 0 Å². The van der Waals surface area contributed by atoms with Crippen molar-refractivity contribution in [3.8, 4) is 5.75 Å². The molecule has 4 unspecified atom stereocenters. The standard InChI is InChI=1S/C19H25ClN2O2/c20-17-9-14(4-5-18(17)24-7-1-6-21)19(23)22-10-15-12-2-3-13(8-12)16(15)11-22/h4-5,9,12-13,15-16H,1-3,6-8,10-11,21H2. The molecule has 3 fully saturated rings. The number of nitrogens with two attached hydrogens (primary N) is 1. The predicted octanol–water partition coefficient (Wildman–Crippen LogP) is 3.19. The van der Waals surface area contributed by atoms with Crippen molar-refractivity contribution in [2.45, 2.75) is 25.7 Å². The lowest BCUT2D eigenvalue weighted by molar-refractivity contribution is 0.0776. The highest BCUT2D eigenvalue weighted by atomic mass is 35.5. The molecule has 1 aromatic carbocycles. The highest BCUT2D eigenvalue weighted by molar-refractivity contribution is 6.32. The molecule has 0 radical (unpaired) electrons. The van der Waals surface area contributed by atoms with Crippen molar-refractivity contribution in [1.82, 2.24) is 4.90 Å². The van der Waals surface area contributed by atoms with Crippen LogP contribution in [0.15, 0.2) is 18.2 Å². The van der Waals surface area contributed by atoms with E-state index >= 15 is 0 Å². The van der Waals surface area contributed by atoms with Gasteiger partial charge in [-0.15, -0.1) is 0 Å². The molecule has 4 atom stereocenters. The number of nitrogens with zero attached hydrogens (tertiary/aromatic N) is 1. The van der Waals surface area contributed by atoms with Crippen LogP contribution in [0.25, 0.3) is 0 Å². The van der Waals surface area contributed by atoms with Gasteiger partial charge in [-0.2, -0.15) is 0 Å². The van der Waals surface area contributed by atoms with Crippen molar-refractivity contribution in [3.05, 3.63) is 28.8 Å². The topological polar surface area (TPSA) is 55.6 Å². The van der Waals surface area contributed by atoms with Gasteiger partial charge in [0, 0.05) is 18.7 Å². The first-order valence-electron chi connectivity index (χ1n) is 9.09. The van der Waals surface area contributed by atoms with Crippen LogP contribution in [0.1, 0.15) is 36.0 Å². The second-order valence-corrected chi connectivity index (χ2v) is 7.91. The van der Waals surface area contributed by atoms with Crippen LogP contribution in [0.2, 0.25) is 5.02 Å². The van der Waals surface area contributed by atoms with E-state index in [0.717, 1.165) is 43.2 Å². The number of hydrogen-bond donors (Lipinski definition) is 1. The lowest BCUT2D eigenvalue weighted by Gasteiger charge is -2.22. The fourth-order valence-corrected chi connectivity index (χ4v) is 5.28. The molecule has 2 saturated carbocycles. The third-order valence-corrected chi connectivity index (χ3v) is 6.50. The average Bonchev–Trinajstić information content (AvgIpc) is 3.28. The number of halogens is 1. The maximum absolute atomic E-state index is 12.8. The number of carbonyl (C=O) groups is 1. The van der Waals surface area contributed by atoms with Crippen LogP contribution in [-0.4, -0.2) is 37.0 Å². The van der Waals surface area contributed by atoms with Crippen molar-refractivity contribution >= 4 is 17.5 Å². The molecule has 3 aliphatic rings. The molecule has 4 nitrogen and oxygen atoms in total. The van der Waals surface area contributed by atoms with E-state index in [-0.39, 0.29) is 5.91 Å². The molecule has 2 bridgehead atoms. The van der Waals surface area contributed by atoms with E-state index in [1.165, 1.54) is 19.3 Å². The number of likely N-dealkylation sites (tertiary alicyclic amines) is 1. The Kier molecular flexibility index (Phi) is 4.44. The van der Waals surface area contributed by atoms with Crippen molar-refractivity contribution in [1.29, 1.82) is 0 Å². The summed E-state index contributed by atoms with van der Waals surface area (Å²) in [6.45, 7) is 2.99. The number of rotatable bonds is 5. The lowest BCUT2D eigenvalue weighted by atomic mass is 9.82. The van der Waals surface area contributed by atoms with E-state index in [0.29, 0.717) is 29.5 Å². The Bertz CT molecular complexity index is 618. The summed E-state index contributed by atoms with van der Waals surface area (Å²) in [7, 11) is 0. The quantitative estimate of drug-likeness (QED) is 0.831. The summed E-state index contributed by atoms with van der Waals surface area (Å²) >= 11 is 6.28. The van der Waals surface area contributed by atoms with E-state index in [1.807, 2.05) is 11.0 Å². The van der Waals surface area contributed by atoms with Gasteiger partial charge >= 0.3 is 0 Å². The van der Waals surface area contributed by atoms with Gasteiger partial charge < -0.3 is 15.4 Å². The lowest BCUT2D eigenvalue weighted by Crippen LogP contribution is -2.30. The number of ether oxygens (including phenoxy) is 1. The fourth-order valence-electron chi connectivity index (χ4n) is 5.05. The molecule has 2 N–H and O–H groups in total. The zero-order valence-electron chi connectivity index (χ0n) is 13.9. The first kappa shape index (κ1) is 16.2. The molecule has 1 aromatic rings. The Balaban J connectivity index is 1.42. The summed E-state index contributed by atoms with van der Waals surface area (Å²) in [4.78, 5) is 14.9. The zero-order valence-corrected chi connectivity index (χ0v) is 14.7. The predicted molar refractivity (Wildman–Crippen MR) is 94.3 cm³/mol. The van der Waals surface area contributed by atoms with Crippen LogP contribution in [0.5, 0.6) is 5.75 Å². The Labute approximate surface area is 148 Å². The third kappa shape index (κ3) is 2.80. The molecule has 130 valence electrons. The van der Waals surface area contributed by atoms with E-state index in [1.54, 1.807) is 12.1 Å². The Morgan fingerprint density at radius 3 is 2.58 bits per heavy atom. The molecule has 4 rings (SSSR count). The molecule has 1 aliphatic heterocycles. The van der Waals surface area contributed by atoms with Gasteiger partial charge in [-0.05, 0) is 74.1 Å². The Morgan fingerprint density at radius 2 is 1.96 bits per heavy atom. The van der Waals surface area contributed by atoms with Gasteiger partial charge in [0.2, 0.25) is 0 Å². The number of amides is 1. The number of benzene rings is 1. The van der Waals surface area contributed by atoms with Crippen LogP contribution in [0, 0.1) is 23.7 Å². The number of carbonyl (C=O) groups excluding carboxylic acids is 1. The summed E-state index contributed by atoms with van der Waals surface area (Å²) in [6, 6.07) is 5.37. The molecule has 0 aromatic heterocycles. The molecule has 1 saturated heterocycles. The van der Waals surface area contributed by atoms with Crippen LogP contribution in [0.3, 0.4) is 0 Å². The molecule has 5 heteroatoms. The minimum atomic E-state index is 0.110. The van der Waals surface area contributed by atoms with Crippen LogP contribution >= 0.6 is 11.6 Å². The second-order valence-electron chi connectivity index (χ2n) is 7.51. The summed E-state index contributed by atoms with van der Waals surface area (Å²) in [5.74, 6) is 3.93. The third-order valence-electron chi connectivity index (χ3n) is 6.21. The second kappa shape index (κ2) is 6.57. The number of fused-ring (bicyclic) bond motifs is 5. The van der Waals surface area contributed by atoms with Crippen LogP contribution in [-0.2, 0) is 0 Å². The van der Waals surface area contributed by atoms with Crippen molar-refractivity contribution in [2.75, 3.05) is 26.2 Å². The smallest absolute Gasteiger partial charge is 0.253 e. The Morgan fingerprint density at radius 1 is 1.25 bits per heavy atom. The highest BCUT2D eigenvalue weighted by Gasteiger charge is 2.52. The number of hydrogen-bond acceptors (Lipinski definition) is 3. The molecule has 0 spiro atoms. The highest BCUT2D eigenvalue weighted by Crippen LogP contribution is 2.55. The maximum Gasteiger partial charge on any atom is 0.253 e. The van der Waals surface area contributed by atoms with Crippen molar-refractivity contribution < 1.29 is 9.53 Å². The van der Waals surface area contributed by atoms with E-state index < -0.39 is 0 Å².